The molecule has 0 bridgehead atoms. The van der Waals surface area contributed by atoms with Gasteiger partial charge in [0.1, 0.15) is 5.75 Å². The number of esters is 1. The third-order valence-corrected chi connectivity index (χ3v) is 3.71. The molecule has 0 saturated heterocycles. The zero-order valence-corrected chi connectivity index (χ0v) is 13.6. The van der Waals surface area contributed by atoms with E-state index in [0.29, 0.717) is 17.8 Å². The van der Waals surface area contributed by atoms with Crippen molar-refractivity contribution in [3.8, 4) is 5.75 Å². The van der Waals surface area contributed by atoms with Gasteiger partial charge < -0.3 is 9.47 Å². The second kappa shape index (κ2) is 7.03. The van der Waals surface area contributed by atoms with Crippen LogP contribution in [0.1, 0.15) is 12.0 Å². The number of methoxy groups -OCH3 is 1. The Balaban J connectivity index is 1.89. The number of carbonyl (C=O) groups excluding carboxylic acids is 1. The fourth-order valence-corrected chi connectivity index (χ4v) is 2.58. The van der Waals surface area contributed by atoms with Crippen molar-refractivity contribution in [3.63, 3.8) is 0 Å². The second-order valence-electron chi connectivity index (χ2n) is 5.42. The monoisotopic (exact) mass is 365 g/mol. The average molecular weight is 365 g/mol. The minimum atomic E-state index is -4.77. The fraction of sp³-hybridized carbons (Fsp3) is 0.235. The van der Waals surface area contributed by atoms with E-state index in [1.54, 1.807) is 18.5 Å². The van der Waals surface area contributed by atoms with Gasteiger partial charge in [-0.05, 0) is 30.3 Å². The number of benzene rings is 1. The van der Waals surface area contributed by atoms with Gasteiger partial charge in [-0.25, -0.2) is 4.79 Å². The van der Waals surface area contributed by atoms with E-state index < -0.39 is 18.4 Å². The molecule has 1 aliphatic rings. The van der Waals surface area contributed by atoms with E-state index in [1.165, 1.54) is 24.3 Å². The smallest absolute Gasteiger partial charge is 0.467 e. The van der Waals surface area contributed by atoms with Gasteiger partial charge in [-0.2, -0.15) is 5.10 Å². The zero-order chi connectivity index (χ0) is 18.7. The number of halogens is 3. The average Bonchev–Trinajstić information content (AvgIpc) is 3.06. The van der Waals surface area contributed by atoms with Crippen molar-refractivity contribution < 1.29 is 27.4 Å². The van der Waals surface area contributed by atoms with Gasteiger partial charge in [-0.15, -0.1) is 13.2 Å². The number of hydrazone groups is 1. The lowest BCUT2D eigenvalue weighted by Crippen LogP contribution is -2.35. The van der Waals surface area contributed by atoms with Crippen LogP contribution in [0.5, 0.6) is 5.75 Å². The molecular formula is C17H14F3N3O3. The lowest BCUT2D eigenvalue weighted by molar-refractivity contribution is -0.274. The fourth-order valence-electron chi connectivity index (χ4n) is 2.58. The number of alkyl halides is 3. The standard InChI is InChI=1S/C17H14F3N3O3/c1-25-16(24)15-9-14(11-3-2-8-21-10-11)22-23(15)12-4-6-13(7-5-12)26-17(18,19)20/h2-8,10,15H,9H2,1H3. The molecule has 0 aliphatic carbocycles. The minimum absolute atomic E-state index is 0.291. The van der Waals surface area contributed by atoms with Crippen molar-refractivity contribution in [2.24, 2.45) is 5.10 Å². The molecule has 0 amide bonds. The van der Waals surface area contributed by atoms with Crippen LogP contribution in [0.3, 0.4) is 0 Å². The summed E-state index contributed by atoms with van der Waals surface area (Å²) in [4.78, 5) is 16.1. The summed E-state index contributed by atoms with van der Waals surface area (Å²) in [7, 11) is 1.27. The number of anilines is 1. The van der Waals surface area contributed by atoms with E-state index >= 15 is 0 Å². The molecule has 0 fully saturated rings. The summed E-state index contributed by atoms with van der Waals surface area (Å²) in [5, 5.41) is 5.85. The molecule has 1 aromatic carbocycles. The number of hydrogen-bond donors (Lipinski definition) is 0. The van der Waals surface area contributed by atoms with Crippen LogP contribution >= 0.6 is 0 Å². The molecule has 1 aliphatic heterocycles. The maximum Gasteiger partial charge on any atom is 0.573 e. The van der Waals surface area contributed by atoms with Crippen LogP contribution < -0.4 is 9.75 Å². The van der Waals surface area contributed by atoms with E-state index in [-0.39, 0.29) is 5.75 Å². The number of pyridine rings is 1. The molecule has 9 heteroatoms. The van der Waals surface area contributed by atoms with Gasteiger partial charge in [0, 0.05) is 24.4 Å². The number of rotatable bonds is 4. The third kappa shape index (κ3) is 3.93. The SMILES string of the molecule is COC(=O)C1CC(c2cccnc2)=NN1c1ccc(OC(F)(F)F)cc1. The molecule has 1 aromatic heterocycles. The Morgan fingerprint density at radius 3 is 2.54 bits per heavy atom. The highest BCUT2D eigenvalue weighted by atomic mass is 19.4. The largest absolute Gasteiger partial charge is 0.573 e. The normalized spacial score (nSPS) is 17.0. The number of nitrogens with zero attached hydrogens (tertiary/aromatic N) is 3. The lowest BCUT2D eigenvalue weighted by Gasteiger charge is -2.21. The van der Waals surface area contributed by atoms with Crippen molar-refractivity contribution in [2.75, 3.05) is 12.1 Å². The van der Waals surface area contributed by atoms with Crippen LogP contribution in [-0.2, 0) is 9.53 Å². The molecule has 1 atom stereocenters. The zero-order valence-electron chi connectivity index (χ0n) is 13.6. The summed E-state index contributed by atoms with van der Waals surface area (Å²) in [5.41, 5.74) is 1.82. The van der Waals surface area contributed by atoms with E-state index in [4.69, 9.17) is 4.74 Å². The molecule has 0 N–H and O–H groups in total. The molecule has 2 aromatic rings. The van der Waals surface area contributed by atoms with Crippen molar-refractivity contribution in [3.05, 3.63) is 54.4 Å². The van der Waals surface area contributed by atoms with E-state index in [9.17, 15) is 18.0 Å². The van der Waals surface area contributed by atoms with Crippen LogP contribution in [0.15, 0.2) is 53.9 Å². The second-order valence-corrected chi connectivity index (χ2v) is 5.42. The molecule has 3 rings (SSSR count). The first-order valence-electron chi connectivity index (χ1n) is 7.58. The molecule has 6 nitrogen and oxygen atoms in total. The Kier molecular flexibility index (Phi) is 4.79. The number of ether oxygens (including phenoxy) is 2. The summed E-state index contributed by atoms with van der Waals surface area (Å²) < 4.78 is 45.5. The van der Waals surface area contributed by atoms with Gasteiger partial charge >= 0.3 is 12.3 Å². The summed E-state index contributed by atoms with van der Waals surface area (Å²) >= 11 is 0. The Bertz CT molecular complexity index is 807. The first-order chi connectivity index (χ1) is 12.4. The number of hydrogen-bond acceptors (Lipinski definition) is 6. The molecule has 136 valence electrons. The summed E-state index contributed by atoms with van der Waals surface area (Å²) in [6.45, 7) is 0. The Morgan fingerprint density at radius 2 is 1.96 bits per heavy atom. The Hall–Kier alpha value is -3.10. The van der Waals surface area contributed by atoms with Gasteiger partial charge in [0.15, 0.2) is 6.04 Å². The maximum atomic E-state index is 12.3. The lowest BCUT2D eigenvalue weighted by atomic mass is 10.1. The number of aromatic nitrogens is 1. The van der Waals surface area contributed by atoms with Gasteiger partial charge in [-0.1, -0.05) is 6.07 Å². The summed E-state index contributed by atoms with van der Waals surface area (Å²) in [6, 6.07) is 7.95. The quantitative estimate of drug-likeness (QED) is 0.779. The summed E-state index contributed by atoms with van der Waals surface area (Å²) in [5.74, 6) is -0.852. The molecule has 2 heterocycles. The van der Waals surface area contributed by atoms with Gasteiger partial charge in [0.2, 0.25) is 0 Å². The van der Waals surface area contributed by atoms with Gasteiger partial charge in [0.05, 0.1) is 18.5 Å². The van der Waals surface area contributed by atoms with Crippen LogP contribution in [0, 0.1) is 0 Å². The topological polar surface area (TPSA) is 64.0 Å². The molecule has 1 unspecified atom stereocenters. The highest BCUT2D eigenvalue weighted by Gasteiger charge is 2.35. The molecule has 0 radical (unpaired) electrons. The van der Waals surface area contributed by atoms with Crippen molar-refractivity contribution in [1.82, 2.24) is 4.98 Å². The molecule has 26 heavy (non-hydrogen) atoms. The van der Waals surface area contributed by atoms with Crippen molar-refractivity contribution >= 4 is 17.4 Å². The molecule has 0 saturated carbocycles. The van der Waals surface area contributed by atoms with Crippen LogP contribution in [0.25, 0.3) is 0 Å². The van der Waals surface area contributed by atoms with E-state index in [0.717, 1.165) is 17.7 Å². The predicted octanol–water partition coefficient (Wildman–Crippen LogP) is 3.14. The van der Waals surface area contributed by atoms with E-state index in [2.05, 4.69) is 14.8 Å². The minimum Gasteiger partial charge on any atom is -0.467 e. The Labute approximate surface area is 146 Å². The van der Waals surface area contributed by atoms with Crippen molar-refractivity contribution in [1.29, 1.82) is 0 Å². The molecular weight excluding hydrogens is 351 g/mol. The molecule has 0 spiro atoms. The third-order valence-electron chi connectivity index (χ3n) is 3.71. The van der Waals surface area contributed by atoms with E-state index in [1.807, 2.05) is 6.07 Å². The van der Waals surface area contributed by atoms with Crippen molar-refractivity contribution in [2.45, 2.75) is 18.8 Å². The maximum absolute atomic E-state index is 12.3. The first-order valence-corrected chi connectivity index (χ1v) is 7.58. The van der Waals surface area contributed by atoms with Gasteiger partial charge in [0.25, 0.3) is 0 Å². The number of carbonyl (C=O) groups is 1. The Morgan fingerprint density at radius 1 is 1.23 bits per heavy atom. The van der Waals surface area contributed by atoms with Crippen LogP contribution in [0.4, 0.5) is 18.9 Å². The predicted molar refractivity (Wildman–Crippen MR) is 86.8 cm³/mol. The highest BCUT2D eigenvalue weighted by Crippen LogP contribution is 2.30. The first kappa shape index (κ1) is 17.7. The van der Waals surface area contributed by atoms with Crippen LogP contribution in [0.2, 0.25) is 0 Å². The summed E-state index contributed by atoms with van der Waals surface area (Å²) in [6.07, 6.45) is -1.24. The highest BCUT2D eigenvalue weighted by molar-refractivity contribution is 6.06. The van der Waals surface area contributed by atoms with Gasteiger partial charge in [-0.3, -0.25) is 9.99 Å². The van der Waals surface area contributed by atoms with Crippen LogP contribution in [-0.4, -0.2) is 36.2 Å².